The van der Waals surface area contributed by atoms with Crippen molar-refractivity contribution in [2.45, 2.75) is 51.4 Å². The summed E-state index contributed by atoms with van der Waals surface area (Å²) in [7, 11) is 0. The standard InChI is InChI=1S/C26H33N7O2/c1-2-3-14-35-25(34)32-12-10-26(11-13-32)16-33(17-26)24-27-20-7-5-4-6-19(20)23(29-24)28-22-15-21(30-31-22)18-8-9-18/h4-7,15,18H,2-3,8-14,16-17H2,1H3,(H2,27,28,29,30,31). The van der Waals surface area contributed by atoms with Crippen molar-refractivity contribution >= 4 is 34.6 Å². The zero-order valence-electron chi connectivity index (χ0n) is 20.3. The number of hydrogen-bond acceptors (Lipinski definition) is 7. The number of para-hydroxylation sites is 1. The fourth-order valence-electron chi connectivity index (χ4n) is 5.21. The molecule has 184 valence electrons. The molecule has 3 fully saturated rings. The van der Waals surface area contributed by atoms with E-state index in [0.717, 1.165) is 80.3 Å². The predicted molar refractivity (Wildman–Crippen MR) is 135 cm³/mol. The summed E-state index contributed by atoms with van der Waals surface area (Å²) >= 11 is 0. The molecule has 4 heterocycles. The van der Waals surface area contributed by atoms with Gasteiger partial charge in [0.1, 0.15) is 5.82 Å². The van der Waals surface area contributed by atoms with Gasteiger partial charge in [-0.1, -0.05) is 25.5 Å². The van der Waals surface area contributed by atoms with Gasteiger partial charge in [-0.05, 0) is 44.2 Å². The summed E-state index contributed by atoms with van der Waals surface area (Å²) in [6.45, 7) is 5.95. The lowest BCUT2D eigenvalue weighted by molar-refractivity contribution is 0.0521. The first kappa shape index (κ1) is 22.1. The van der Waals surface area contributed by atoms with Crippen molar-refractivity contribution in [1.29, 1.82) is 0 Å². The summed E-state index contributed by atoms with van der Waals surface area (Å²) in [4.78, 5) is 26.2. The van der Waals surface area contributed by atoms with Crippen molar-refractivity contribution in [3.8, 4) is 0 Å². The Hall–Kier alpha value is -3.36. The van der Waals surface area contributed by atoms with E-state index in [-0.39, 0.29) is 11.5 Å². The first-order chi connectivity index (χ1) is 17.1. The minimum absolute atomic E-state index is 0.165. The number of carbonyl (C=O) groups excluding carboxylic acids is 1. The second-order valence-corrected chi connectivity index (χ2v) is 10.3. The number of piperidine rings is 1. The number of ether oxygens (including phenoxy) is 1. The lowest BCUT2D eigenvalue weighted by Gasteiger charge is -2.53. The molecular formula is C26H33N7O2. The van der Waals surface area contributed by atoms with Crippen LogP contribution in [0.25, 0.3) is 10.9 Å². The van der Waals surface area contributed by atoms with E-state index in [4.69, 9.17) is 14.7 Å². The number of unbranched alkanes of at least 4 members (excludes halogenated alkanes) is 1. The molecule has 0 unspecified atom stereocenters. The molecule has 3 aromatic rings. The fourth-order valence-corrected chi connectivity index (χ4v) is 5.21. The van der Waals surface area contributed by atoms with Crippen molar-refractivity contribution < 1.29 is 9.53 Å². The van der Waals surface area contributed by atoms with E-state index < -0.39 is 0 Å². The van der Waals surface area contributed by atoms with Crippen LogP contribution >= 0.6 is 0 Å². The van der Waals surface area contributed by atoms with Gasteiger partial charge in [-0.25, -0.2) is 9.78 Å². The number of aromatic nitrogens is 4. The molecule has 2 saturated heterocycles. The maximum atomic E-state index is 12.3. The van der Waals surface area contributed by atoms with Crippen molar-refractivity contribution in [3.63, 3.8) is 0 Å². The minimum Gasteiger partial charge on any atom is -0.449 e. The number of benzene rings is 1. The Labute approximate surface area is 205 Å². The summed E-state index contributed by atoms with van der Waals surface area (Å²) < 4.78 is 5.40. The van der Waals surface area contributed by atoms with Gasteiger partial charge >= 0.3 is 6.09 Å². The Kier molecular flexibility index (Phi) is 5.70. The van der Waals surface area contributed by atoms with E-state index in [0.29, 0.717) is 12.5 Å². The van der Waals surface area contributed by atoms with Crippen LogP contribution in [0, 0.1) is 5.41 Å². The van der Waals surface area contributed by atoms with E-state index in [9.17, 15) is 4.79 Å². The normalized spacial score (nSPS) is 19.1. The highest BCUT2D eigenvalue weighted by atomic mass is 16.6. The number of hydrogen-bond donors (Lipinski definition) is 2. The second kappa shape index (κ2) is 9.02. The summed E-state index contributed by atoms with van der Waals surface area (Å²) in [5.41, 5.74) is 2.34. The number of aromatic amines is 1. The third-order valence-corrected chi connectivity index (χ3v) is 7.59. The Balaban J connectivity index is 1.13. The molecule has 3 aliphatic rings. The molecular weight excluding hydrogens is 442 g/mol. The average Bonchev–Trinajstić information content (AvgIpc) is 3.61. The SMILES string of the molecule is CCCCOC(=O)N1CCC2(CC1)CN(c1nc(Nc3cc(C4CC4)[nH]n3)c3ccccc3n1)C2. The smallest absolute Gasteiger partial charge is 0.409 e. The van der Waals surface area contributed by atoms with Crippen LogP contribution in [0.3, 0.4) is 0 Å². The number of likely N-dealkylation sites (tertiary alicyclic amines) is 1. The molecule has 1 saturated carbocycles. The molecule has 1 spiro atoms. The van der Waals surface area contributed by atoms with Crippen LogP contribution in [0.1, 0.15) is 57.1 Å². The van der Waals surface area contributed by atoms with Crippen molar-refractivity contribution in [3.05, 3.63) is 36.0 Å². The first-order valence-corrected chi connectivity index (χ1v) is 12.9. The second-order valence-electron chi connectivity index (χ2n) is 10.3. The molecule has 1 aliphatic carbocycles. The van der Waals surface area contributed by atoms with Gasteiger partial charge in [0.15, 0.2) is 5.82 Å². The molecule has 0 bridgehead atoms. The lowest BCUT2D eigenvalue weighted by Crippen LogP contribution is -2.61. The van der Waals surface area contributed by atoms with E-state index in [1.165, 1.54) is 18.5 Å². The van der Waals surface area contributed by atoms with Crippen molar-refractivity contribution in [2.24, 2.45) is 5.41 Å². The van der Waals surface area contributed by atoms with Crippen molar-refractivity contribution in [2.75, 3.05) is 43.0 Å². The molecule has 6 rings (SSSR count). The summed E-state index contributed by atoms with van der Waals surface area (Å²) in [5, 5.41) is 12.0. The van der Waals surface area contributed by atoms with Crippen LogP contribution in [0.15, 0.2) is 30.3 Å². The number of amides is 1. The Bertz CT molecular complexity index is 1210. The number of nitrogens with one attached hydrogen (secondary N) is 2. The highest BCUT2D eigenvalue weighted by Gasteiger charge is 2.46. The van der Waals surface area contributed by atoms with E-state index in [1.54, 1.807) is 0 Å². The van der Waals surface area contributed by atoms with Gasteiger partial charge in [-0.3, -0.25) is 5.10 Å². The van der Waals surface area contributed by atoms with Gasteiger partial charge in [0.2, 0.25) is 5.95 Å². The highest BCUT2D eigenvalue weighted by molar-refractivity contribution is 5.91. The van der Waals surface area contributed by atoms with Crippen LogP contribution < -0.4 is 10.2 Å². The van der Waals surface area contributed by atoms with E-state index in [2.05, 4.69) is 33.4 Å². The minimum atomic E-state index is -0.165. The average molecular weight is 476 g/mol. The molecule has 1 amide bonds. The number of carbonyl (C=O) groups is 1. The summed E-state index contributed by atoms with van der Waals surface area (Å²) in [5.74, 6) is 2.94. The van der Waals surface area contributed by atoms with Crippen LogP contribution in [0.4, 0.5) is 22.4 Å². The van der Waals surface area contributed by atoms with Gasteiger partial charge in [-0.15, -0.1) is 0 Å². The molecule has 2 N–H and O–H groups in total. The quantitative estimate of drug-likeness (QED) is 0.473. The monoisotopic (exact) mass is 475 g/mol. The number of rotatable bonds is 7. The zero-order chi connectivity index (χ0) is 23.8. The fraction of sp³-hybridized carbons (Fsp3) is 0.538. The number of fused-ring (bicyclic) bond motifs is 1. The topological polar surface area (TPSA) is 99.3 Å². The van der Waals surface area contributed by atoms with Crippen LogP contribution in [-0.2, 0) is 4.74 Å². The molecule has 1 aromatic carbocycles. The van der Waals surface area contributed by atoms with Crippen molar-refractivity contribution in [1.82, 2.24) is 25.1 Å². The highest BCUT2D eigenvalue weighted by Crippen LogP contribution is 2.43. The van der Waals surface area contributed by atoms with Gasteiger partial charge in [0, 0.05) is 54.7 Å². The third-order valence-electron chi connectivity index (χ3n) is 7.59. The molecule has 9 heteroatoms. The molecule has 0 atom stereocenters. The maximum absolute atomic E-state index is 12.3. The van der Waals surface area contributed by atoms with Crippen LogP contribution in [0.2, 0.25) is 0 Å². The lowest BCUT2D eigenvalue weighted by atomic mass is 9.72. The molecule has 9 nitrogen and oxygen atoms in total. The van der Waals surface area contributed by atoms with Gasteiger partial charge in [0.25, 0.3) is 0 Å². The predicted octanol–water partition coefficient (Wildman–Crippen LogP) is 4.81. The Morgan fingerprint density at radius 2 is 2.00 bits per heavy atom. The summed E-state index contributed by atoms with van der Waals surface area (Å²) in [6.07, 6.45) is 6.23. The third kappa shape index (κ3) is 4.51. The van der Waals surface area contributed by atoms with E-state index in [1.807, 2.05) is 29.2 Å². The number of nitrogens with zero attached hydrogens (tertiary/aromatic N) is 5. The number of anilines is 3. The first-order valence-electron chi connectivity index (χ1n) is 12.9. The maximum Gasteiger partial charge on any atom is 0.409 e. The zero-order valence-corrected chi connectivity index (χ0v) is 20.3. The van der Waals surface area contributed by atoms with E-state index >= 15 is 0 Å². The van der Waals surface area contributed by atoms with Crippen LogP contribution in [-0.4, -0.2) is 63.9 Å². The van der Waals surface area contributed by atoms with Crippen LogP contribution in [0.5, 0.6) is 0 Å². The molecule has 2 aliphatic heterocycles. The molecule has 35 heavy (non-hydrogen) atoms. The summed E-state index contributed by atoms with van der Waals surface area (Å²) in [6, 6.07) is 10.2. The van der Waals surface area contributed by atoms with Gasteiger partial charge in [0.05, 0.1) is 12.1 Å². The van der Waals surface area contributed by atoms with Gasteiger partial charge < -0.3 is 19.9 Å². The number of H-pyrrole nitrogens is 1. The largest absolute Gasteiger partial charge is 0.449 e. The molecule has 2 aromatic heterocycles. The Morgan fingerprint density at radius 3 is 2.77 bits per heavy atom. The van der Waals surface area contributed by atoms with Gasteiger partial charge in [-0.2, -0.15) is 10.1 Å². The molecule has 0 radical (unpaired) electrons. The Morgan fingerprint density at radius 1 is 1.20 bits per heavy atom.